The Hall–Kier alpha value is -2.72. The summed E-state index contributed by atoms with van der Waals surface area (Å²) in [5.41, 5.74) is 0.758. The lowest BCUT2D eigenvalue weighted by Gasteiger charge is -2.07. The molecule has 24 heavy (non-hydrogen) atoms. The van der Waals surface area contributed by atoms with E-state index >= 15 is 0 Å². The molecule has 0 aliphatic carbocycles. The van der Waals surface area contributed by atoms with Gasteiger partial charge in [0.1, 0.15) is 10.8 Å². The highest BCUT2D eigenvalue weighted by Gasteiger charge is 2.15. The minimum absolute atomic E-state index is 0.194. The molecule has 3 aromatic heterocycles. The molecule has 11 heteroatoms. The highest BCUT2D eigenvalue weighted by Crippen LogP contribution is 2.24. The van der Waals surface area contributed by atoms with Crippen LogP contribution in [0, 0.1) is 0 Å². The van der Waals surface area contributed by atoms with Gasteiger partial charge in [0.25, 0.3) is 11.1 Å². The summed E-state index contributed by atoms with van der Waals surface area (Å²) in [5, 5.41) is 15.3. The number of rotatable bonds is 5. The summed E-state index contributed by atoms with van der Waals surface area (Å²) in [5.74, 6) is 0.0509. The summed E-state index contributed by atoms with van der Waals surface area (Å²) in [6, 6.07) is 3.14. The Bertz CT molecular complexity index is 880. The topological polar surface area (TPSA) is 104 Å². The predicted molar refractivity (Wildman–Crippen MR) is 87.3 cm³/mol. The largest absolute Gasteiger partial charge is 0.493 e. The van der Waals surface area contributed by atoms with Gasteiger partial charge in [0.2, 0.25) is 5.13 Å². The van der Waals surface area contributed by atoms with Crippen molar-refractivity contribution in [2.45, 2.75) is 0 Å². The van der Waals surface area contributed by atoms with Crippen LogP contribution in [-0.2, 0) is 0 Å². The third-order valence-electron chi connectivity index (χ3n) is 2.90. The van der Waals surface area contributed by atoms with Crippen molar-refractivity contribution >= 4 is 34.0 Å². The smallest absolute Gasteiger partial charge is 0.295 e. The fourth-order valence-electron chi connectivity index (χ4n) is 1.83. The van der Waals surface area contributed by atoms with E-state index in [2.05, 4.69) is 25.6 Å². The van der Waals surface area contributed by atoms with Crippen LogP contribution in [-0.4, -0.2) is 45.1 Å². The quantitative estimate of drug-likeness (QED) is 0.689. The highest BCUT2D eigenvalue weighted by atomic mass is 35.5. The van der Waals surface area contributed by atoms with Gasteiger partial charge in [-0.3, -0.25) is 10.1 Å². The van der Waals surface area contributed by atoms with Gasteiger partial charge in [0.05, 0.1) is 20.4 Å². The SMILES string of the molecule is COc1nnc(NC(=O)c2ccn(-c3cc(Cl)ncc3OC)n2)s1. The number of pyridine rings is 1. The number of carbonyl (C=O) groups excluding carboxylic acids is 1. The number of anilines is 1. The Balaban J connectivity index is 1.82. The first-order valence-corrected chi connectivity index (χ1v) is 7.74. The van der Waals surface area contributed by atoms with Crippen LogP contribution in [0.4, 0.5) is 5.13 Å². The fourth-order valence-corrected chi connectivity index (χ4v) is 2.53. The van der Waals surface area contributed by atoms with Crippen LogP contribution < -0.4 is 14.8 Å². The van der Waals surface area contributed by atoms with Crippen LogP contribution in [0.1, 0.15) is 10.5 Å². The van der Waals surface area contributed by atoms with Gasteiger partial charge in [-0.2, -0.15) is 5.10 Å². The molecule has 0 saturated carbocycles. The second-order valence-corrected chi connectivity index (χ2v) is 5.68. The monoisotopic (exact) mass is 366 g/mol. The first-order valence-electron chi connectivity index (χ1n) is 6.55. The van der Waals surface area contributed by atoms with Crippen molar-refractivity contribution in [2.24, 2.45) is 0 Å². The second kappa shape index (κ2) is 6.81. The van der Waals surface area contributed by atoms with E-state index in [0.717, 1.165) is 11.3 Å². The number of amides is 1. The Kier molecular flexibility index (Phi) is 4.58. The molecule has 3 heterocycles. The first-order chi connectivity index (χ1) is 11.6. The Morgan fingerprint density at radius 3 is 2.88 bits per heavy atom. The maximum absolute atomic E-state index is 12.2. The summed E-state index contributed by atoms with van der Waals surface area (Å²) in [7, 11) is 2.98. The van der Waals surface area contributed by atoms with E-state index in [4.69, 9.17) is 21.1 Å². The van der Waals surface area contributed by atoms with Crippen molar-refractivity contribution in [3.8, 4) is 16.6 Å². The number of nitrogens with one attached hydrogen (secondary N) is 1. The van der Waals surface area contributed by atoms with E-state index in [9.17, 15) is 4.79 Å². The van der Waals surface area contributed by atoms with E-state index in [0.29, 0.717) is 21.8 Å². The lowest BCUT2D eigenvalue weighted by molar-refractivity contribution is 0.102. The van der Waals surface area contributed by atoms with E-state index < -0.39 is 5.91 Å². The molecule has 0 aliphatic rings. The van der Waals surface area contributed by atoms with Crippen molar-refractivity contribution in [1.82, 2.24) is 25.0 Å². The molecule has 0 radical (unpaired) electrons. The molecule has 1 amide bonds. The van der Waals surface area contributed by atoms with Gasteiger partial charge in [0.15, 0.2) is 11.4 Å². The number of aromatic nitrogens is 5. The van der Waals surface area contributed by atoms with Crippen molar-refractivity contribution in [3.63, 3.8) is 0 Å². The number of ether oxygens (including phenoxy) is 2. The predicted octanol–water partition coefficient (Wildman–Crippen LogP) is 2.04. The van der Waals surface area contributed by atoms with Crippen LogP contribution in [0.2, 0.25) is 5.15 Å². The lowest BCUT2D eigenvalue weighted by Crippen LogP contribution is -2.13. The Morgan fingerprint density at radius 1 is 1.33 bits per heavy atom. The van der Waals surface area contributed by atoms with E-state index in [1.54, 1.807) is 18.3 Å². The van der Waals surface area contributed by atoms with E-state index in [1.807, 2.05) is 0 Å². The zero-order chi connectivity index (χ0) is 17.1. The molecule has 0 saturated heterocycles. The number of hydrogen-bond donors (Lipinski definition) is 1. The average molecular weight is 367 g/mol. The average Bonchev–Trinajstić information content (AvgIpc) is 3.24. The van der Waals surface area contributed by atoms with Crippen LogP contribution in [0.25, 0.3) is 5.69 Å². The molecular weight excluding hydrogens is 356 g/mol. The van der Waals surface area contributed by atoms with Gasteiger partial charge >= 0.3 is 0 Å². The van der Waals surface area contributed by atoms with Gasteiger partial charge in [-0.25, -0.2) is 9.67 Å². The summed E-state index contributed by atoms with van der Waals surface area (Å²) in [6.07, 6.45) is 3.09. The fraction of sp³-hybridized carbons (Fsp3) is 0.154. The van der Waals surface area contributed by atoms with Crippen LogP contribution in [0.3, 0.4) is 0 Å². The number of nitrogens with zero attached hydrogens (tertiary/aromatic N) is 5. The van der Waals surface area contributed by atoms with Crippen LogP contribution in [0.5, 0.6) is 10.9 Å². The van der Waals surface area contributed by atoms with Gasteiger partial charge in [-0.1, -0.05) is 16.7 Å². The summed E-state index contributed by atoms with van der Waals surface area (Å²) < 4.78 is 11.6. The molecule has 1 N–H and O–H groups in total. The van der Waals surface area contributed by atoms with E-state index in [1.165, 1.54) is 25.1 Å². The molecule has 0 spiro atoms. The summed E-state index contributed by atoms with van der Waals surface area (Å²) in [4.78, 5) is 16.2. The Morgan fingerprint density at radius 2 is 2.17 bits per heavy atom. The molecule has 0 aromatic carbocycles. The molecule has 9 nitrogen and oxygen atoms in total. The number of methoxy groups -OCH3 is 2. The summed E-state index contributed by atoms with van der Waals surface area (Å²) in [6.45, 7) is 0. The highest BCUT2D eigenvalue weighted by molar-refractivity contribution is 7.17. The lowest BCUT2D eigenvalue weighted by atomic mass is 10.4. The zero-order valence-corrected chi connectivity index (χ0v) is 14.1. The molecule has 0 fully saturated rings. The molecule has 3 rings (SSSR count). The molecule has 3 aromatic rings. The molecule has 124 valence electrons. The minimum atomic E-state index is -0.424. The standard InChI is InChI=1S/C13H11ClN6O3S/c1-22-9-6-15-10(14)5-8(9)20-4-3-7(19-20)11(21)16-12-17-18-13(23-2)24-12/h3-6H,1-2H3,(H,16,17,21). The molecule has 0 unspecified atom stereocenters. The van der Waals surface area contributed by atoms with Crippen LogP contribution >= 0.6 is 22.9 Å². The zero-order valence-electron chi connectivity index (χ0n) is 12.6. The molecular formula is C13H11ClN6O3S. The number of halogens is 1. The first kappa shape index (κ1) is 16.1. The van der Waals surface area contributed by atoms with Crippen molar-refractivity contribution in [1.29, 1.82) is 0 Å². The number of carbonyl (C=O) groups is 1. The summed E-state index contributed by atoms with van der Waals surface area (Å²) >= 11 is 7.01. The van der Waals surface area contributed by atoms with Crippen molar-refractivity contribution in [3.05, 3.63) is 35.4 Å². The molecule has 0 atom stereocenters. The molecule has 0 bridgehead atoms. The molecule has 0 aliphatic heterocycles. The maximum Gasteiger partial charge on any atom is 0.295 e. The van der Waals surface area contributed by atoms with Gasteiger partial charge in [-0.15, -0.1) is 5.10 Å². The minimum Gasteiger partial charge on any atom is -0.493 e. The van der Waals surface area contributed by atoms with E-state index in [-0.39, 0.29) is 10.8 Å². The third-order valence-corrected chi connectivity index (χ3v) is 3.91. The van der Waals surface area contributed by atoms with Crippen molar-refractivity contribution < 1.29 is 14.3 Å². The normalized spacial score (nSPS) is 10.5. The Labute approximate surface area is 145 Å². The van der Waals surface area contributed by atoms with Gasteiger partial charge < -0.3 is 9.47 Å². The number of hydrogen-bond acceptors (Lipinski definition) is 8. The van der Waals surface area contributed by atoms with Crippen molar-refractivity contribution in [2.75, 3.05) is 19.5 Å². The van der Waals surface area contributed by atoms with Gasteiger partial charge in [0, 0.05) is 12.3 Å². The second-order valence-electron chi connectivity index (χ2n) is 4.36. The van der Waals surface area contributed by atoms with Gasteiger partial charge in [-0.05, 0) is 17.4 Å². The maximum atomic E-state index is 12.2. The third kappa shape index (κ3) is 3.29. The van der Waals surface area contributed by atoms with Crippen LogP contribution in [0.15, 0.2) is 24.5 Å².